The van der Waals surface area contributed by atoms with Gasteiger partial charge in [-0.15, -0.1) is 0 Å². The second-order valence-corrected chi connectivity index (χ2v) is 8.06. The van der Waals surface area contributed by atoms with E-state index in [4.69, 9.17) is 0 Å². The van der Waals surface area contributed by atoms with Gasteiger partial charge in [-0.3, -0.25) is 9.52 Å². The number of sulfonamides is 1. The first kappa shape index (κ1) is 19.6. The van der Waals surface area contributed by atoms with Gasteiger partial charge >= 0.3 is 0 Å². The average molecular weight is 398 g/mol. The third kappa shape index (κ3) is 4.37. The molecule has 5 nitrogen and oxygen atoms in total. The SMILES string of the molecule is Cc1ccc(NC(=O)c2ccc(S(=O)(=O)Nc3ccccc3F)cc2)c(C)c1. The summed E-state index contributed by atoms with van der Waals surface area (Å²) in [6, 6.07) is 16.6. The van der Waals surface area contributed by atoms with Gasteiger partial charge in [0.25, 0.3) is 15.9 Å². The highest BCUT2D eigenvalue weighted by Crippen LogP contribution is 2.20. The molecular weight excluding hydrogens is 379 g/mol. The molecule has 0 saturated heterocycles. The summed E-state index contributed by atoms with van der Waals surface area (Å²) in [6.07, 6.45) is 0. The lowest BCUT2D eigenvalue weighted by atomic mass is 10.1. The maximum Gasteiger partial charge on any atom is 0.261 e. The van der Waals surface area contributed by atoms with Crippen molar-refractivity contribution in [1.29, 1.82) is 0 Å². The number of amides is 1. The van der Waals surface area contributed by atoms with Gasteiger partial charge in [-0.05, 0) is 61.9 Å². The van der Waals surface area contributed by atoms with E-state index in [2.05, 4.69) is 10.0 Å². The van der Waals surface area contributed by atoms with Crippen LogP contribution in [0, 0.1) is 19.7 Å². The summed E-state index contributed by atoms with van der Waals surface area (Å²) in [5.74, 6) is -1.02. The van der Waals surface area contributed by atoms with Gasteiger partial charge in [0.15, 0.2) is 0 Å². The van der Waals surface area contributed by atoms with Crippen molar-refractivity contribution < 1.29 is 17.6 Å². The van der Waals surface area contributed by atoms with Crippen molar-refractivity contribution in [3.63, 3.8) is 0 Å². The monoisotopic (exact) mass is 398 g/mol. The molecule has 0 atom stereocenters. The fraction of sp³-hybridized carbons (Fsp3) is 0.0952. The van der Waals surface area contributed by atoms with E-state index >= 15 is 0 Å². The number of carbonyl (C=O) groups is 1. The molecule has 0 aliphatic carbocycles. The van der Waals surface area contributed by atoms with E-state index in [9.17, 15) is 17.6 Å². The molecule has 0 radical (unpaired) electrons. The van der Waals surface area contributed by atoms with Gasteiger partial charge in [-0.1, -0.05) is 29.8 Å². The molecule has 0 aliphatic rings. The standard InChI is InChI=1S/C21H19FN2O3S/c1-14-7-12-19(15(2)13-14)23-21(25)16-8-10-17(11-9-16)28(26,27)24-20-6-4-3-5-18(20)22/h3-13,24H,1-2H3,(H,23,25). The highest BCUT2D eigenvalue weighted by atomic mass is 32.2. The topological polar surface area (TPSA) is 75.3 Å². The molecular formula is C21H19FN2O3S. The smallest absolute Gasteiger partial charge is 0.261 e. The van der Waals surface area contributed by atoms with Crippen molar-refractivity contribution in [2.75, 3.05) is 10.0 Å². The van der Waals surface area contributed by atoms with Crippen LogP contribution in [-0.2, 0) is 10.0 Å². The van der Waals surface area contributed by atoms with Crippen molar-refractivity contribution in [3.8, 4) is 0 Å². The van der Waals surface area contributed by atoms with E-state index in [1.165, 1.54) is 48.5 Å². The number of benzene rings is 3. The Morgan fingerprint density at radius 1 is 0.893 bits per heavy atom. The van der Waals surface area contributed by atoms with E-state index in [1.807, 2.05) is 32.0 Å². The normalized spacial score (nSPS) is 11.1. The summed E-state index contributed by atoms with van der Waals surface area (Å²) in [4.78, 5) is 12.4. The lowest BCUT2D eigenvalue weighted by molar-refractivity contribution is 0.102. The van der Waals surface area contributed by atoms with Crippen LogP contribution >= 0.6 is 0 Å². The highest BCUT2D eigenvalue weighted by molar-refractivity contribution is 7.92. The maximum atomic E-state index is 13.7. The van der Waals surface area contributed by atoms with Gasteiger partial charge in [-0.25, -0.2) is 12.8 Å². The summed E-state index contributed by atoms with van der Waals surface area (Å²) in [6.45, 7) is 3.86. The molecule has 3 rings (SSSR count). The average Bonchev–Trinajstić information content (AvgIpc) is 2.66. The predicted octanol–water partition coefficient (Wildman–Crippen LogP) is 4.50. The minimum absolute atomic E-state index is 0.0705. The molecule has 1 amide bonds. The molecule has 3 aromatic rings. The molecule has 0 saturated carbocycles. The van der Waals surface area contributed by atoms with E-state index < -0.39 is 15.8 Å². The molecule has 0 spiro atoms. The summed E-state index contributed by atoms with van der Waals surface area (Å²) in [5.41, 5.74) is 2.88. The Hall–Kier alpha value is -3.19. The van der Waals surface area contributed by atoms with Crippen LogP contribution in [0.15, 0.2) is 71.6 Å². The lowest BCUT2D eigenvalue weighted by Crippen LogP contribution is -2.15. The second kappa shape index (κ2) is 7.82. The predicted molar refractivity (Wildman–Crippen MR) is 108 cm³/mol. The Morgan fingerprint density at radius 2 is 1.57 bits per heavy atom. The van der Waals surface area contributed by atoms with Crippen LogP contribution in [0.1, 0.15) is 21.5 Å². The van der Waals surface area contributed by atoms with E-state index in [0.29, 0.717) is 11.3 Å². The zero-order chi connectivity index (χ0) is 20.3. The summed E-state index contributed by atoms with van der Waals surface area (Å²) in [5, 5.41) is 2.81. The van der Waals surface area contributed by atoms with Crippen LogP contribution in [0.4, 0.5) is 15.8 Å². The Kier molecular flexibility index (Phi) is 5.46. The van der Waals surface area contributed by atoms with Crippen molar-refractivity contribution in [2.24, 2.45) is 0 Å². The minimum Gasteiger partial charge on any atom is -0.322 e. The number of halogens is 1. The molecule has 3 aromatic carbocycles. The van der Waals surface area contributed by atoms with Crippen molar-refractivity contribution in [1.82, 2.24) is 0 Å². The van der Waals surface area contributed by atoms with Gasteiger partial charge < -0.3 is 5.32 Å². The molecule has 0 fully saturated rings. The Labute approximate surface area is 163 Å². The van der Waals surface area contributed by atoms with Crippen LogP contribution < -0.4 is 10.0 Å². The van der Waals surface area contributed by atoms with E-state index in [-0.39, 0.29) is 16.5 Å². The largest absolute Gasteiger partial charge is 0.322 e. The third-order valence-electron chi connectivity index (χ3n) is 4.18. The molecule has 0 unspecified atom stereocenters. The fourth-order valence-electron chi connectivity index (χ4n) is 2.68. The first-order valence-electron chi connectivity index (χ1n) is 8.52. The number of para-hydroxylation sites is 1. The summed E-state index contributed by atoms with van der Waals surface area (Å²) < 4.78 is 40.7. The number of anilines is 2. The van der Waals surface area contributed by atoms with Gasteiger partial charge in [-0.2, -0.15) is 0 Å². The van der Waals surface area contributed by atoms with E-state index in [1.54, 1.807) is 0 Å². The van der Waals surface area contributed by atoms with Gasteiger partial charge in [0, 0.05) is 11.3 Å². The molecule has 0 aromatic heterocycles. The molecule has 7 heteroatoms. The number of hydrogen-bond acceptors (Lipinski definition) is 3. The molecule has 0 heterocycles. The maximum absolute atomic E-state index is 13.7. The van der Waals surface area contributed by atoms with Crippen molar-refractivity contribution in [3.05, 3.63) is 89.2 Å². The number of carbonyl (C=O) groups excluding carboxylic acids is 1. The zero-order valence-electron chi connectivity index (χ0n) is 15.4. The molecule has 144 valence electrons. The van der Waals surface area contributed by atoms with Gasteiger partial charge in [0.2, 0.25) is 0 Å². The number of nitrogens with one attached hydrogen (secondary N) is 2. The number of rotatable bonds is 5. The lowest BCUT2D eigenvalue weighted by Gasteiger charge is -2.11. The van der Waals surface area contributed by atoms with Crippen molar-refractivity contribution in [2.45, 2.75) is 18.7 Å². The Balaban J connectivity index is 1.77. The first-order chi connectivity index (χ1) is 13.3. The molecule has 28 heavy (non-hydrogen) atoms. The molecule has 0 bridgehead atoms. The van der Waals surface area contributed by atoms with Crippen LogP contribution in [0.3, 0.4) is 0 Å². The Morgan fingerprint density at radius 3 is 2.21 bits per heavy atom. The molecule has 0 aliphatic heterocycles. The van der Waals surface area contributed by atoms with Crippen LogP contribution in [-0.4, -0.2) is 14.3 Å². The van der Waals surface area contributed by atoms with E-state index in [0.717, 1.165) is 11.1 Å². The van der Waals surface area contributed by atoms with Crippen LogP contribution in [0.2, 0.25) is 0 Å². The first-order valence-corrected chi connectivity index (χ1v) is 10.0. The molecule has 2 N–H and O–H groups in total. The number of hydrogen-bond donors (Lipinski definition) is 2. The minimum atomic E-state index is -3.97. The Bertz CT molecular complexity index is 1130. The summed E-state index contributed by atoms with van der Waals surface area (Å²) >= 11 is 0. The third-order valence-corrected chi connectivity index (χ3v) is 5.56. The zero-order valence-corrected chi connectivity index (χ0v) is 16.2. The van der Waals surface area contributed by atoms with Gasteiger partial charge in [0.1, 0.15) is 5.82 Å². The second-order valence-electron chi connectivity index (χ2n) is 6.38. The quantitative estimate of drug-likeness (QED) is 0.665. The van der Waals surface area contributed by atoms with Gasteiger partial charge in [0.05, 0.1) is 10.6 Å². The fourth-order valence-corrected chi connectivity index (χ4v) is 3.75. The van der Waals surface area contributed by atoms with Crippen LogP contribution in [0.5, 0.6) is 0 Å². The number of aryl methyl sites for hydroxylation is 2. The van der Waals surface area contributed by atoms with Crippen molar-refractivity contribution >= 4 is 27.3 Å². The van der Waals surface area contributed by atoms with Crippen LogP contribution in [0.25, 0.3) is 0 Å². The summed E-state index contributed by atoms with van der Waals surface area (Å²) in [7, 11) is -3.97. The highest BCUT2D eigenvalue weighted by Gasteiger charge is 2.17.